The molecular weight excluding hydrogens is 468 g/mol. The van der Waals surface area contributed by atoms with Gasteiger partial charge in [0.15, 0.2) is 5.69 Å². The van der Waals surface area contributed by atoms with Gasteiger partial charge in [-0.05, 0) is 57.6 Å². The van der Waals surface area contributed by atoms with Crippen LogP contribution in [0.15, 0.2) is 34.9 Å². The first-order chi connectivity index (χ1) is 17.0. The number of anilines is 1. The molecule has 2 bridgehead atoms. The number of aromatic nitrogens is 3. The van der Waals surface area contributed by atoms with E-state index in [0.717, 1.165) is 61.1 Å². The molecule has 6 rings (SSSR count). The molecule has 182 valence electrons. The number of hydrogen-bond acceptors (Lipinski definition) is 7. The molecule has 35 heavy (non-hydrogen) atoms. The van der Waals surface area contributed by atoms with Crippen LogP contribution < -0.4 is 4.90 Å². The summed E-state index contributed by atoms with van der Waals surface area (Å²) in [5.41, 5.74) is 3.34. The Balaban J connectivity index is 1.20. The van der Waals surface area contributed by atoms with Crippen LogP contribution in [0.3, 0.4) is 0 Å². The lowest BCUT2D eigenvalue weighted by Gasteiger charge is -2.39. The van der Waals surface area contributed by atoms with Gasteiger partial charge in [-0.25, -0.2) is 14.8 Å². The topological polar surface area (TPSA) is 102 Å². The summed E-state index contributed by atoms with van der Waals surface area (Å²) in [6.45, 7) is 2.24. The Labute approximate surface area is 208 Å². The fraction of sp³-hybridized carbons (Fsp3) is 0.462. The Bertz CT molecular complexity index is 1260. The Morgan fingerprint density at radius 1 is 1.17 bits per heavy atom. The Hall–Kier alpha value is -2.97. The van der Waals surface area contributed by atoms with Gasteiger partial charge in [0.1, 0.15) is 11.5 Å². The van der Waals surface area contributed by atoms with Gasteiger partial charge in [0, 0.05) is 34.8 Å². The second-order valence-electron chi connectivity index (χ2n) is 9.82. The van der Waals surface area contributed by atoms with E-state index in [1.54, 1.807) is 0 Å². The van der Waals surface area contributed by atoms with Crippen LogP contribution in [-0.4, -0.2) is 44.4 Å². The maximum atomic E-state index is 11.5. The molecule has 1 aromatic carbocycles. The number of ether oxygens (including phenoxy) is 1. The van der Waals surface area contributed by atoms with Gasteiger partial charge in [0.25, 0.3) is 0 Å². The summed E-state index contributed by atoms with van der Waals surface area (Å²) in [5.74, 6) is 0.827. The molecule has 9 heteroatoms. The fourth-order valence-electron chi connectivity index (χ4n) is 5.56. The second kappa shape index (κ2) is 8.91. The molecule has 2 aromatic heterocycles. The van der Waals surface area contributed by atoms with E-state index in [2.05, 4.69) is 20.0 Å². The van der Waals surface area contributed by atoms with Crippen molar-refractivity contribution in [1.29, 1.82) is 0 Å². The van der Waals surface area contributed by atoms with E-state index in [0.29, 0.717) is 29.2 Å². The molecular formula is C26H27ClN4O4. The van der Waals surface area contributed by atoms with E-state index < -0.39 is 5.97 Å². The van der Waals surface area contributed by atoms with Crippen molar-refractivity contribution < 1.29 is 19.2 Å². The lowest BCUT2D eigenvalue weighted by molar-refractivity contribution is 0.0144. The average molecular weight is 495 g/mol. The van der Waals surface area contributed by atoms with Gasteiger partial charge in [0.2, 0.25) is 5.95 Å². The van der Waals surface area contributed by atoms with Crippen LogP contribution in [0, 0.1) is 6.92 Å². The van der Waals surface area contributed by atoms with Crippen molar-refractivity contribution in [3.8, 4) is 11.3 Å². The van der Waals surface area contributed by atoms with Crippen molar-refractivity contribution >= 4 is 23.5 Å². The number of benzene rings is 1. The number of rotatable bonds is 7. The maximum Gasteiger partial charge on any atom is 0.354 e. The van der Waals surface area contributed by atoms with Gasteiger partial charge in [-0.1, -0.05) is 35.0 Å². The molecule has 2 saturated heterocycles. The molecule has 2 atom stereocenters. The minimum absolute atomic E-state index is 0.0393. The molecule has 0 radical (unpaired) electrons. The first-order valence-corrected chi connectivity index (χ1v) is 12.6. The van der Waals surface area contributed by atoms with E-state index in [1.165, 1.54) is 6.07 Å². The SMILES string of the molecule is Cc1cc(C(=O)O)nc(N2C3CCC2CC(OCc2c(-c4ccccc4Cl)noc2C2CC2)C3)n1. The van der Waals surface area contributed by atoms with Crippen LogP contribution in [-0.2, 0) is 11.3 Å². The summed E-state index contributed by atoms with van der Waals surface area (Å²) in [4.78, 5) is 22.6. The number of fused-ring (bicyclic) bond motifs is 2. The molecule has 8 nitrogen and oxygen atoms in total. The number of carbonyl (C=O) groups is 1. The highest BCUT2D eigenvalue weighted by molar-refractivity contribution is 6.33. The predicted molar refractivity (Wildman–Crippen MR) is 130 cm³/mol. The number of aromatic carboxylic acids is 1. The molecule has 3 aliphatic rings. The third-order valence-corrected chi connectivity index (χ3v) is 7.67. The number of piperidine rings is 1. The highest BCUT2D eigenvalue weighted by Gasteiger charge is 2.43. The predicted octanol–water partition coefficient (Wildman–Crippen LogP) is 5.39. The van der Waals surface area contributed by atoms with E-state index in [9.17, 15) is 9.90 Å². The van der Waals surface area contributed by atoms with Crippen LogP contribution in [0.25, 0.3) is 11.3 Å². The average Bonchev–Trinajstić information content (AvgIpc) is 3.54. The minimum atomic E-state index is -1.03. The Morgan fingerprint density at radius 3 is 2.60 bits per heavy atom. The number of halogens is 1. The summed E-state index contributed by atoms with van der Waals surface area (Å²) in [6.07, 6.45) is 6.06. The van der Waals surface area contributed by atoms with Crippen LogP contribution in [0.5, 0.6) is 0 Å². The van der Waals surface area contributed by atoms with Gasteiger partial charge in [-0.2, -0.15) is 0 Å². The van der Waals surface area contributed by atoms with Gasteiger partial charge >= 0.3 is 5.97 Å². The van der Waals surface area contributed by atoms with Crippen molar-refractivity contribution in [1.82, 2.24) is 15.1 Å². The zero-order valence-electron chi connectivity index (χ0n) is 19.5. The zero-order valence-corrected chi connectivity index (χ0v) is 20.2. The largest absolute Gasteiger partial charge is 0.477 e. The summed E-state index contributed by atoms with van der Waals surface area (Å²) in [6, 6.07) is 9.66. The Morgan fingerprint density at radius 2 is 1.91 bits per heavy atom. The van der Waals surface area contributed by atoms with Crippen LogP contribution in [0.4, 0.5) is 5.95 Å². The Kier molecular flexibility index (Phi) is 5.73. The number of carboxylic acids is 1. The van der Waals surface area contributed by atoms with Crippen LogP contribution in [0.2, 0.25) is 5.02 Å². The summed E-state index contributed by atoms with van der Waals surface area (Å²) in [7, 11) is 0. The fourth-order valence-corrected chi connectivity index (χ4v) is 5.79. The molecule has 1 N–H and O–H groups in total. The van der Waals surface area contributed by atoms with Crippen LogP contribution >= 0.6 is 11.6 Å². The molecule has 3 fully saturated rings. The smallest absolute Gasteiger partial charge is 0.354 e. The molecule has 0 amide bonds. The monoisotopic (exact) mass is 494 g/mol. The van der Waals surface area contributed by atoms with Crippen molar-refractivity contribution in [2.75, 3.05) is 4.90 Å². The molecule has 4 heterocycles. The number of nitrogens with zero attached hydrogens (tertiary/aromatic N) is 4. The van der Waals surface area contributed by atoms with Crippen molar-refractivity contribution in [2.24, 2.45) is 0 Å². The summed E-state index contributed by atoms with van der Waals surface area (Å²) < 4.78 is 12.3. The zero-order chi connectivity index (χ0) is 24.1. The quantitative estimate of drug-likeness (QED) is 0.466. The standard InChI is InChI=1S/C26H27ClN4O4/c1-14-10-22(25(32)33)29-26(28-14)31-16-8-9-17(31)12-18(11-16)34-13-20-23(19-4-2-3-5-21(19)27)30-35-24(20)15-6-7-15/h2-5,10,15-18H,6-9,11-13H2,1H3,(H,32,33). The lowest BCUT2D eigenvalue weighted by atomic mass is 9.99. The third-order valence-electron chi connectivity index (χ3n) is 7.34. The van der Waals surface area contributed by atoms with Crippen molar-refractivity contribution in [2.45, 2.75) is 76.2 Å². The first kappa shape index (κ1) is 22.5. The second-order valence-corrected chi connectivity index (χ2v) is 10.2. The highest BCUT2D eigenvalue weighted by atomic mass is 35.5. The number of hydrogen-bond donors (Lipinski definition) is 1. The molecule has 2 aliphatic heterocycles. The third kappa shape index (κ3) is 4.29. The van der Waals surface area contributed by atoms with E-state index in [4.69, 9.17) is 20.9 Å². The van der Waals surface area contributed by atoms with Crippen molar-refractivity contribution in [3.63, 3.8) is 0 Å². The highest BCUT2D eigenvalue weighted by Crippen LogP contribution is 2.45. The lowest BCUT2D eigenvalue weighted by Crippen LogP contribution is -2.46. The molecule has 2 unspecified atom stereocenters. The molecule has 0 spiro atoms. The van der Waals surface area contributed by atoms with Gasteiger partial charge in [0.05, 0.1) is 17.7 Å². The van der Waals surface area contributed by atoms with E-state index in [1.807, 2.05) is 31.2 Å². The summed E-state index contributed by atoms with van der Waals surface area (Å²) >= 11 is 6.47. The van der Waals surface area contributed by atoms with Crippen molar-refractivity contribution in [3.05, 3.63) is 58.1 Å². The number of aryl methyl sites for hydroxylation is 1. The molecule has 1 aliphatic carbocycles. The van der Waals surface area contributed by atoms with Gasteiger partial charge in [-0.15, -0.1) is 0 Å². The van der Waals surface area contributed by atoms with Gasteiger partial charge in [-0.3, -0.25) is 0 Å². The van der Waals surface area contributed by atoms with E-state index >= 15 is 0 Å². The number of carboxylic acid groups (broad SMARTS) is 1. The van der Waals surface area contributed by atoms with Crippen LogP contribution in [0.1, 0.15) is 71.9 Å². The maximum absolute atomic E-state index is 11.5. The normalized spacial score (nSPS) is 23.6. The molecule has 1 saturated carbocycles. The molecule has 3 aromatic rings. The minimum Gasteiger partial charge on any atom is -0.477 e. The van der Waals surface area contributed by atoms with Gasteiger partial charge < -0.3 is 19.3 Å². The summed E-state index contributed by atoms with van der Waals surface area (Å²) in [5, 5.41) is 14.5. The van der Waals surface area contributed by atoms with E-state index in [-0.39, 0.29) is 23.9 Å². The first-order valence-electron chi connectivity index (χ1n) is 12.2.